The third-order valence-electron chi connectivity index (χ3n) is 3.77. The zero-order valence-corrected chi connectivity index (χ0v) is 13.1. The summed E-state index contributed by atoms with van der Waals surface area (Å²) >= 11 is 0. The topological polar surface area (TPSA) is 24.5 Å². The molecule has 1 aromatic carbocycles. The van der Waals surface area contributed by atoms with Gasteiger partial charge in [0.25, 0.3) is 0 Å². The molecular formula is C17H28N2O. The van der Waals surface area contributed by atoms with Crippen LogP contribution in [0.4, 0.5) is 0 Å². The molecule has 0 spiro atoms. The first kappa shape index (κ1) is 15.3. The molecule has 0 saturated carbocycles. The fourth-order valence-corrected chi connectivity index (χ4v) is 3.00. The Bertz CT molecular complexity index is 404. The number of benzene rings is 1. The second kappa shape index (κ2) is 7.65. The summed E-state index contributed by atoms with van der Waals surface area (Å²) in [5.74, 6) is 1.78. The van der Waals surface area contributed by atoms with Crippen molar-refractivity contribution in [2.75, 3.05) is 26.7 Å². The van der Waals surface area contributed by atoms with Crippen molar-refractivity contribution >= 4 is 0 Å². The summed E-state index contributed by atoms with van der Waals surface area (Å²) in [5.41, 5.74) is 1.35. The molecule has 1 fully saturated rings. The van der Waals surface area contributed by atoms with Crippen LogP contribution in [-0.2, 0) is 6.54 Å². The van der Waals surface area contributed by atoms with Crippen LogP contribution in [0.1, 0.15) is 32.3 Å². The van der Waals surface area contributed by atoms with E-state index in [2.05, 4.69) is 42.3 Å². The highest BCUT2D eigenvalue weighted by molar-refractivity contribution is 5.28. The molecule has 1 aromatic rings. The maximum Gasteiger partial charge on any atom is 0.120 e. The summed E-state index contributed by atoms with van der Waals surface area (Å²) in [5, 5.41) is 3.31. The molecule has 1 saturated heterocycles. The Labute approximate surface area is 123 Å². The van der Waals surface area contributed by atoms with E-state index in [4.69, 9.17) is 4.74 Å². The normalized spacial score (nSPS) is 20.3. The van der Waals surface area contributed by atoms with Crippen LogP contribution in [0.5, 0.6) is 5.75 Å². The molecule has 0 bridgehead atoms. The Kier molecular flexibility index (Phi) is 5.86. The summed E-state index contributed by atoms with van der Waals surface area (Å²) in [6, 6.07) is 8.53. The van der Waals surface area contributed by atoms with Gasteiger partial charge in [0, 0.05) is 13.1 Å². The first-order valence-electron chi connectivity index (χ1n) is 7.80. The highest BCUT2D eigenvalue weighted by atomic mass is 16.5. The predicted molar refractivity (Wildman–Crippen MR) is 84.1 cm³/mol. The molecular weight excluding hydrogens is 248 g/mol. The number of likely N-dealkylation sites (tertiary alicyclic amines) is 1. The highest BCUT2D eigenvalue weighted by Gasteiger charge is 2.19. The fourth-order valence-electron chi connectivity index (χ4n) is 3.00. The maximum absolute atomic E-state index is 5.78. The Hall–Kier alpha value is -1.06. The molecule has 1 aliphatic rings. The average Bonchev–Trinajstić information content (AvgIpc) is 2.39. The van der Waals surface area contributed by atoms with Crippen LogP contribution in [0.15, 0.2) is 24.3 Å². The van der Waals surface area contributed by atoms with Crippen LogP contribution >= 0.6 is 0 Å². The van der Waals surface area contributed by atoms with Crippen molar-refractivity contribution in [2.45, 2.75) is 39.3 Å². The Balaban J connectivity index is 1.92. The molecule has 112 valence electrons. The van der Waals surface area contributed by atoms with Crippen LogP contribution in [0.3, 0.4) is 0 Å². The molecule has 1 atom stereocenters. The number of nitrogens with one attached hydrogen (secondary N) is 1. The van der Waals surface area contributed by atoms with Gasteiger partial charge < -0.3 is 10.1 Å². The van der Waals surface area contributed by atoms with Gasteiger partial charge >= 0.3 is 0 Å². The van der Waals surface area contributed by atoms with E-state index in [-0.39, 0.29) is 6.10 Å². The number of hydrogen-bond donors (Lipinski definition) is 1. The lowest BCUT2D eigenvalue weighted by atomic mass is 9.97. The molecule has 1 N–H and O–H groups in total. The van der Waals surface area contributed by atoms with Crippen molar-refractivity contribution in [2.24, 2.45) is 5.92 Å². The largest absolute Gasteiger partial charge is 0.491 e. The van der Waals surface area contributed by atoms with Crippen LogP contribution in [0.25, 0.3) is 0 Å². The van der Waals surface area contributed by atoms with E-state index >= 15 is 0 Å². The molecule has 0 amide bonds. The Morgan fingerprint density at radius 2 is 2.25 bits per heavy atom. The van der Waals surface area contributed by atoms with E-state index in [1.165, 1.54) is 31.5 Å². The number of hydrogen-bond acceptors (Lipinski definition) is 3. The molecule has 0 aromatic heterocycles. The van der Waals surface area contributed by atoms with Gasteiger partial charge in [0.2, 0.25) is 0 Å². The quantitative estimate of drug-likeness (QED) is 0.864. The van der Waals surface area contributed by atoms with Gasteiger partial charge in [-0.25, -0.2) is 0 Å². The van der Waals surface area contributed by atoms with E-state index in [0.29, 0.717) is 0 Å². The van der Waals surface area contributed by atoms with E-state index in [1.54, 1.807) is 0 Å². The van der Waals surface area contributed by atoms with Crippen molar-refractivity contribution in [1.29, 1.82) is 0 Å². The van der Waals surface area contributed by atoms with Gasteiger partial charge in [-0.1, -0.05) is 12.1 Å². The van der Waals surface area contributed by atoms with Gasteiger partial charge in [0.15, 0.2) is 0 Å². The smallest absolute Gasteiger partial charge is 0.120 e. The standard InChI is InChI=1S/C17H28N2O/c1-14(2)20-17-8-4-6-15(10-17)12-19-9-5-7-16(13-19)11-18-3/h4,6,8,10,14,16,18H,5,7,9,11-13H2,1-3H3. The fraction of sp³-hybridized carbons (Fsp3) is 0.647. The van der Waals surface area contributed by atoms with Crippen LogP contribution in [-0.4, -0.2) is 37.7 Å². The summed E-state index contributed by atoms with van der Waals surface area (Å²) in [6.07, 6.45) is 2.91. The van der Waals surface area contributed by atoms with E-state index in [9.17, 15) is 0 Å². The second-order valence-corrected chi connectivity index (χ2v) is 6.12. The van der Waals surface area contributed by atoms with Crippen molar-refractivity contribution in [3.63, 3.8) is 0 Å². The number of piperidine rings is 1. The number of rotatable bonds is 6. The summed E-state index contributed by atoms with van der Waals surface area (Å²) in [7, 11) is 2.05. The van der Waals surface area contributed by atoms with Crippen LogP contribution in [0, 0.1) is 5.92 Å². The predicted octanol–water partition coefficient (Wildman–Crippen LogP) is 2.91. The molecule has 0 aliphatic carbocycles. The monoisotopic (exact) mass is 276 g/mol. The lowest BCUT2D eigenvalue weighted by Gasteiger charge is -2.32. The molecule has 20 heavy (non-hydrogen) atoms. The van der Waals surface area contributed by atoms with Gasteiger partial charge in [0.05, 0.1) is 6.10 Å². The summed E-state index contributed by atoms with van der Waals surface area (Å²) < 4.78 is 5.78. The minimum Gasteiger partial charge on any atom is -0.491 e. The lowest BCUT2D eigenvalue weighted by Crippen LogP contribution is -2.38. The van der Waals surface area contributed by atoms with Crippen molar-refractivity contribution in [1.82, 2.24) is 10.2 Å². The van der Waals surface area contributed by atoms with Gasteiger partial charge in [-0.15, -0.1) is 0 Å². The number of nitrogens with zero attached hydrogens (tertiary/aromatic N) is 1. The highest BCUT2D eigenvalue weighted by Crippen LogP contribution is 2.20. The van der Waals surface area contributed by atoms with Crippen molar-refractivity contribution < 1.29 is 4.74 Å². The molecule has 3 nitrogen and oxygen atoms in total. The van der Waals surface area contributed by atoms with Crippen LogP contribution in [0.2, 0.25) is 0 Å². The van der Waals surface area contributed by atoms with Gasteiger partial charge in [-0.2, -0.15) is 0 Å². The number of ether oxygens (including phenoxy) is 1. The van der Waals surface area contributed by atoms with Gasteiger partial charge in [-0.05, 0) is 70.4 Å². The van der Waals surface area contributed by atoms with Gasteiger partial charge in [0.1, 0.15) is 5.75 Å². The van der Waals surface area contributed by atoms with E-state index in [1.807, 2.05) is 13.1 Å². The first-order chi connectivity index (χ1) is 9.67. The SMILES string of the molecule is CNCC1CCCN(Cc2cccc(OC(C)C)c2)C1. The maximum atomic E-state index is 5.78. The minimum atomic E-state index is 0.236. The Morgan fingerprint density at radius 1 is 1.40 bits per heavy atom. The third kappa shape index (κ3) is 4.80. The van der Waals surface area contributed by atoms with Crippen LogP contribution < -0.4 is 10.1 Å². The van der Waals surface area contributed by atoms with E-state index in [0.717, 1.165) is 24.8 Å². The molecule has 1 unspecified atom stereocenters. The zero-order valence-electron chi connectivity index (χ0n) is 13.1. The molecule has 1 heterocycles. The third-order valence-corrected chi connectivity index (χ3v) is 3.77. The molecule has 1 aliphatic heterocycles. The minimum absolute atomic E-state index is 0.236. The second-order valence-electron chi connectivity index (χ2n) is 6.12. The van der Waals surface area contributed by atoms with E-state index < -0.39 is 0 Å². The zero-order chi connectivity index (χ0) is 14.4. The van der Waals surface area contributed by atoms with Crippen molar-refractivity contribution in [3.8, 4) is 5.75 Å². The summed E-state index contributed by atoms with van der Waals surface area (Å²) in [6.45, 7) is 8.73. The average molecular weight is 276 g/mol. The Morgan fingerprint density at radius 3 is 3.00 bits per heavy atom. The summed E-state index contributed by atoms with van der Waals surface area (Å²) in [4.78, 5) is 2.57. The molecule has 0 radical (unpaired) electrons. The first-order valence-corrected chi connectivity index (χ1v) is 7.80. The van der Waals surface area contributed by atoms with Gasteiger partial charge in [-0.3, -0.25) is 4.90 Å². The lowest BCUT2D eigenvalue weighted by molar-refractivity contribution is 0.166. The van der Waals surface area contributed by atoms with Crippen molar-refractivity contribution in [3.05, 3.63) is 29.8 Å². The molecule has 3 heteroatoms. The molecule has 2 rings (SSSR count).